The van der Waals surface area contributed by atoms with Gasteiger partial charge in [-0.05, 0) is 140 Å². The van der Waals surface area contributed by atoms with Crippen LogP contribution in [0.15, 0.2) is 138 Å². The van der Waals surface area contributed by atoms with Gasteiger partial charge in [-0.2, -0.15) is 0 Å². The normalized spacial score (nSPS) is 16.4. The summed E-state index contributed by atoms with van der Waals surface area (Å²) in [5.41, 5.74) is 22.4. The summed E-state index contributed by atoms with van der Waals surface area (Å²) in [7, 11) is 2.52. The second-order valence-corrected chi connectivity index (χ2v) is 24.1. The molecule has 68 heavy (non-hydrogen) atoms. The number of hydrogen-bond acceptors (Lipinski definition) is 3. The van der Waals surface area contributed by atoms with E-state index in [1.807, 2.05) is 11.3 Å². The van der Waals surface area contributed by atoms with Crippen molar-refractivity contribution in [3.05, 3.63) is 161 Å². The second kappa shape index (κ2) is 13.4. The molecule has 3 nitrogen and oxygen atoms in total. The highest BCUT2D eigenvalue weighted by Crippen LogP contribution is 2.59. The van der Waals surface area contributed by atoms with Crippen LogP contribution in [0.5, 0.6) is 0 Å². The number of fused-ring (bicyclic) bond motifs is 16. The average Bonchev–Trinajstić information content (AvgIpc) is 4.03. The molecule has 11 aromatic rings. The van der Waals surface area contributed by atoms with Crippen LogP contribution in [-0.4, -0.2) is 11.8 Å². The van der Waals surface area contributed by atoms with Crippen molar-refractivity contribution < 1.29 is 4.42 Å². The van der Waals surface area contributed by atoms with E-state index < -0.39 is 0 Å². The average molecular weight is 898 g/mol. The van der Waals surface area contributed by atoms with Crippen molar-refractivity contribution >= 4 is 105 Å². The first-order valence-corrected chi connectivity index (χ1v) is 25.4. The molecule has 2 aliphatic carbocycles. The van der Waals surface area contributed by atoms with E-state index in [1.165, 1.54) is 109 Å². The van der Waals surface area contributed by atoms with Crippen LogP contribution in [0.3, 0.4) is 0 Å². The van der Waals surface area contributed by atoms with Crippen LogP contribution in [0.4, 0.5) is 11.4 Å². The molecule has 0 amide bonds. The van der Waals surface area contributed by atoms with Gasteiger partial charge in [-0.25, -0.2) is 0 Å². The van der Waals surface area contributed by atoms with Crippen LogP contribution in [0, 0.1) is 0 Å². The van der Waals surface area contributed by atoms with E-state index >= 15 is 0 Å². The molecule has 331 valence electrons. The number of aromatic nitrogens is 1. The quantitative estimate of drug-likeness (QED) is 0.179. The molecule has 5 heteroatoms. The van der Waals surface area contributed by atoms with E-state index in [0.717, 1.165) is 46.2 Å². The Balaban J connectivity index is 1.18. The molecule has 0 saturated carbocycles. The van der Waals surface area contributed by atoms with Crippen molar-refractivity contribution in [3.63, 3.8) is 0 Å². The van der Waals surface area contributed by atoms with Gasteiger partial charge in [0.25, 0.3) is 0 Å². The Morgan fingerprint density at radius 3 is 2.09 bits per heavy atom. The van der Waals surface area contributed by atoms with Gasteiger partial charge in [-0.3, -0.25) is 0 Å². The zero-order chi connectivity index (χ0) is 46.4. The molecule has 0 fully saturated rings. The maximum Gasteiger partial charge on any atom is 0.198 e. The number of nitrogens with zero attached hydrogens (tertiary/aromatic N) is 1. The molecule has 14 rings (SSSR count). The molecule has 0 spiro atoms. The van der Waals surface area contributed by atoms with Gasteiger partial charge in [0.1, 0.15) is 11.2 Å². The number of furan rings is 1. The third-order valence-corrected chi connectivity index (χ3v) is 17.7. The van der Waals surface area contributed by atoms with Crippen molar-refractivity contribution in [2.45, 2.75) is 96.8 Å². The number of anilines is 2. The molecule has 0 atom stereocenters. The Morgan fingerprint density at radius 1 is 0.603 bits per heavy atom. The number of para-hydroxylation sites is 1. The molecular formula is C63H54BN2OS. The third-order valence-electron chi connectivity index (χ3n) is 16.6. The van der Waals surface area contributed by atoms with Gasteiger partial charge in [0, 0.05) is 75.3 Å². The lowest BCUT2D eigenvalue weighted by Crippen LogP contribution is -2.38. The van der Waals surface area contributed by atoms with E-state index in [4.69, 9.17) is 4.42 Å². The van der Waals surface area contributed by atoms with E-state index in [9.17, 15) is 0 Å². The number of nitrogens with one attached hydrogen (secondary N) is 1. The predicted octanol–water partition coefficient (Wildman–Crippen LogP) is 16.4. The van der Waals surface area contributed by atoms with Crippen molar-refractivity contribution in [1.82, 2.24) is 4.57 Å². The molecule has 0 unspecified atom stereocenters. The lowest BCUT2D eigenvalue weighted by Gasteiger charge is -2.42. The van der Waals surface area contributed by atoms with Crippen molar-refractivity contribution in [2.75, 3.05) is 5.32 Å². The molecule has 1 radical (unpaired) electrons. The maximum absolute atomic E-state index is 6.69. The van der Waals surface area contributed by atoms with Gasteiger partial charge in [-0.1, -0.05) is 141 Å². The van der Waals surface area contributed by atoms with Crippen LogP contribution in [0.25, 0.3) is 91.9 Å². The molecule has 0 bridgehead atoms. The maximum atomic E-state index is 6.69. The fourth-order valence-corrected chi connectivity index (χ4v) is 14.0. The second-order valence-electron chi connectivity index (χ2n) is 23.0. The summed E-state index contributed by atoms with van der Waals surface area (Å²) in [6, 6.07) is 50.8. The lowest BCUT2D eigenvalue weighted by atomic mass is 9.57. The topological polar surface area (TPSA) is 30.1 Å². The summed E-state index contributed by atoms with van der Waals surface area (Å²) < 4.78 is 12.0. The lowest BCUT2D eigenvalue weighted by molar-refractivity contribution is 0.332. The number of benzene rings is 8. The molecule has 0 saturated heterocycles. The summed E-state index contributed by atoms with van der Waals surface area (Å²) in [5.74, 6) is 0. The summed E-state index contributed by atoms with van der Waals surface area (Å²) in [6.45, 7) is 21.7. The van der Waals surface area contributed by atoms with Crippen LogP contribution < -0.4 is 16.2 Å². The molecule has 8 aromatic carbocycles. The van der Waals surface area contributed by atoms with Gasteiger partial charge in [0.2, 0.25) is 0 Å². The number of hydrogen-bond donors (Lipinski definition) is 1. The monoisotopic (exact) mass is 897 g/mol. The Bertz CT molecular complexity index is 4030. The van der Waals surface area contributed by atoms with Gasteiger partial charge < -0.3 is 14.3 Å². The Kier molecular flexibility index (Phi) is 7.96. The minimum atomic E-state index is -0.312. The van der Waals surface area contributed by atoms with Crippen LogP contribution in [-0.2, 0) is 21.7 Å². The Hall–Kier alpha value is -6.56. The van der Waals surface area contributed by atoms with E-state index in [1.54, 1.807) is 0 Å². The van der Waals surface area contributed by atoms with Crippen LogP contribution in [0.2, 0.25) is 0 Å². The molecule has 4 heterocycles. The largest absolute Gasteiger partial charge is 0.456 e. The third kappa shape index (κ3) is 5.43. The van der Waals surface area contributed by atoms with Gasteiger partial charge in [0.15, 0.2) is 7.28 Å². The zero-order valence-electron chi connectivity index (χ0n) is 40.5. The molecule has 3 aromatic heterocycles. The van der Waals surface area contributed by atoms with Crippen molar-refractivity contribution in [2.24, 2.45) is 0 Å². The number of rotatable bonds is 3. The first-order chi connectivity index (χ1) is 32.6. The van der Waals surface area contributed by atoms with E-state index in [2.05, 4.69) is 213 Å². The van der Waals surface area contributed by atoms with Gasteiger partial charge >= 0.3 is 0 Å². The van der Waals surface area contributed by atoms with Crippen molar-refractivity contribution in [3.8, 4) is 27.9 Å². The van der Waals surface area contributed by atoms with Gasteiger partial charge in [0.05, 0.1) is 5.52 Å². The Morgan fingerprint density at radius 2 is 1.31 bits per heavy atom. The fourth-order valence-electron chi connectivity index (χ4n) is 12.8. The molecule has 1 N–H and O–H groups in total. The molecule has 3 aliphatic rings. The summed E-state index contributed by atoms with van der Waals surface area (Å²) in [4.78, 5) is 0. The first kappa shape index (κ1) is 40.5. The predicted molar refractivity (Wildman–Crippen MR) is 293 cm³/mol. The van der Waals surface area contributed by atoms with E-state index in [-0.39, 0.29) is 21.7 Å². The summed E-state index contributed by atoms with van der Waals surface area (Å²) in [5, 5.41) is 11.7. The highest BCUT2D eigenvalue weighted by Gasteiger charge is 2.44. The van der Waals surface area contributed by atoms with E-state index in [0.29, 0.717) is 0 Å². The fraction of sp³-hybridized carbons (Fsp3) is 0.238. The highest BCUT2D eigenvalue weighted by molar-refractivity contribution is 7.25. The Labute approximate surface area is 403 Å². The number of thiophene rings is 1. The summed E-state index contributed by atoms with van der Waals surface area (Å²) >= 11 is 1.90. The minimum absolute atomic E-state index is 0.0416. The van der Waals surface area contributed by atoms with Crippen LogP contribution >= 0.6 is 11.3 Å². The zero-order valence-corrected chi connectivity index (χ0v) is 41.3. The van der Waals surface area contributed by atoms with Crippen LogP contribution in [0.1, 0.15) is 103 Å². The SMILES string of the molecule is CC(C)(C)c1ccc(Nc2cc3c(cc2-c2c4c(c5c6cc7c(cc6n6c5c2[B]c2cc5oc8ccccc8c5cc2-6)C(C)(C)CCC7(C)C)-c2ccccc2C4(C)C)sc2ccccc23)cc1. The molecule has 1 aliphatic heterocycles. The highest BCUT2D eigenvalue weighted by atomic mass is 32.1. The smallest absolute Gasteiger partial charge is 0.198 e. The van der Waals surface area contributed by atoms with Gasteiger partial charge in [-0.15, -0.1) is 11.3 Å². The minimum Gasteiger partial charge on any atom is -0.456 e. The van der Waals surface area contributed by atoms with Crippen molar-refractivity contribution in [1.29, 1.82) is 0 Å². The first-order valence-electron chi connectivity index (χ1n) is 24.5. The molecular weight excluding hydrogens is 844 g/mol. The summed E-state index contributed by atoms with van der Waals surface area (Å²) in [6.07, 6.45) is 2.32. The standard InChI is InChI=1S/C63H54BN2OS/c1-60(2,3)34-22-24-35(25-23-34)65-47-29-40-37-17-12-15-21-52(37)68-53(40)31-41(47)56-57-54(38-18-10-13-19-43(38)63(57,8)9)55-42-28-44-45(62(6,7)27-26-61(44,4)5)32-48(42)66-49-30-39-36-16-11-14-20-50(36)67-51(39)33-46(49)64-58(56)59(55)66/h10-25,28-33,65H,26-27H2,1-9H3.